The lowest BCUT2D eigenvalue weighted by molar-refractivity contribution is -0.127. The molecule has 0 aromatic heterocycles. The standard InChI is InChI=1S/C14H15FN4O/c15-12-1-3-13(4-2-12)18-10-11(9-16)14(20)19-7-5-17-6-8-19/h1-4,10,17-18H,5-8H2/b11-10-. The Labute approximate surface area is 116 Å². The molecule has 20 heavy (non-hydrogen) atoms. The van der Waals surface area contributed by atoms with Crippen molar-refractivity contribution in [2.24, 2.45) is 0 Å². The average molecular weight is 274 g/mol. The molecule has 2 N–H and O–H groups in total. The number of piperazine rings is 1. The summed E-state index contributed by atoms with van der Waals surface area (Å²) in [6.45, 7) is 2.65. The second-order valence-corrected chi connectivity index (χ2v) is 4.36. The zero-order valence-corrected chi connectivity index (χ0v) is 10.9. The number of amides is 1. The Morgan fingerprint density at radius 3 is 2.60 bits per heavy atom. The summed E-state index contributed by atoms with van der Waals surface area (Å²) in [5.41, 5.74) is 0.656. The highest BCUT2D eigenvalue weighted by Crippen LogP contribution is 2.10. The molecule has 1 saturated heterocycles. The van der Waals surface area contributed by atoms with Crippen LogP contribution in [0.15, 0.2) is 36.0 Å². The fourth-order valence-corrected chi connectivity index (χ4v) is 1.88. The van der Waals surface area contributed by atoms with Gasteiger partial charge in [0.25, 0.3) is 5.91 Å². The van der Waals surface area contributed by atoms with Crippen LogP contribution in [0.2, 0.25) is 0 Å². The van der Waals surface area contributed by atoms with Gasteiger partial charge in [-0.2, -0.15) is 5.26 Å². The van der Waals surface area contributed by atoms with Crippen LogP contribution in [0, 0.1) is 17.1 Å². The van der Waals surface area contributed by atoms with Crippen molar-refractivity contribution in [1.29, 1.82) is 5.26 Å². The number of hydrogen-bond donors (Lipinski definition) is 2. The summed E-state index contributed by atoms with van der Waals surface area (Å²) < 4.78 is 12.8. The molecule has 0 bridgehead atoms. The number of nitrogens with zero attached hydrogens (tertiary/aromatic N) is 2. The fourth-order valence-electron chi connectivity index (χ4n) is 1.88. The van der Waals surface area contributed by atoms with E-state index in [4.69, 9.17) is 5.26 Å². The van der Waals surface area contributed by atoms with Crippen molar-refractivity contribution in [2.75, 3.05) is 31.5 Å². The predicted molar refractivity (Wildman–Crippen MR) is 73.2 cm³/mol. The highest BCUT2D eigenvalue weighted by atomic mass is 19.1. The lowest BCUT2D eigenvalue weighted by Crippen LogP contribution is -2.46. The molecule has 0 atom stereocenters. The van der Waals surface area contributed by atoms with Gasteiger partial charge < -0.3 is 15.5 Å². The van der Waals surface area contributed by atoms with Crippen LogP contribution < -0.4 is 10.6 Å². The number of rotatable bonds is 3. The number of benzene rings is 1. The number of halogens is 1. The third kappa shape index (κ3) is 3.56. The molecule has 5 nitrogen and oxygen atoms in total. The third-order valence-corrected chi connectivity index (χ3v) is 2.98. The Morgan fingerprint density at radius 2 is 2.00 bits per heavy atom. The molecular formula is C14H15FN4O. The van der Waals surface area contributed by atoms with Gasteiger partial charge in [-0.1, -0.05) is 0 Å². The Bertz CT molecular complexity index is 541. The molecule has 1 amide bonds. The van der Waals surface area contributed by atoms with Crippen molar-refractivity contribution in [3.05, 3.63) is 41.9 Å². The highest BCUT2D eigenvalue weighted by Gasteiger charge is 2.19. The minimum atomic E-state index is -0.336. The molecule has 1 heterocycles. The second kappa shape index (κ2) is 6.68. The molecule has 1 aliphatic heterocycles. The monoisotopic (exact) mass is 274 g/mol. The summed E-state index contributed by atoms with van der Waals surface area (Å²) in [4.78, 5) is 13.7. The third-order valence-electron chi connectivity index (χ3n) is 2.98. The maximum Gasteiger partial charge on any atom is 0.266 e. The zero-order chi connectivity index (χ0) is 14.4. The maximum atomic E-state index is 12.8. The minimum absolute atomic E-state index is 0.0382. The van der Waals surface area contributed by atoms with E-state index in [9.17, 15) is 9.18 Å². The maximum absolute atomic E-state index is 12.8. The van der Waals surface area contributed by atoms with Gasteiger partial charge in [-0.25, -0.2) is 4.39 Å². The Morgan fingerprint density at radius 1 is 1.35 bits per heavy atom. The zero-order valence-electron chi connectivity index (χ0n) is 10.9. The first-order chi connectivity index (χ1) is 9.70. The first-order valence-electron chi connectivity index (χ1n) is 6.33. The van der Waals surface area contributed by atoms with E-state index < -0.39 is 0 Å². The van der Waals surface area contributed by atoms with Crippen LogP contribution in [0.3, 0.4) is 0 Å². The van der Waals surface area contributed by atoms with Gasteiger partial charge in [0, 0.05) is 38.1 Å². The van der Waals surface area contributed by atoms with Gasteiger partial charge in [0.2, 0.25) is 0 Å². The predicted octanol–water partition coefficient (Wildman–Crippen LogP) is 1.08. The van der Waals surface area contributed by atoms with Crippen molar-refractivity contribution in [2.45, 2.75) is 0 Å². The van der Waals surface area contributed by atoms with E-state index >= 15 is 0 Å². The quantitative estimate of drug-likeness (QED) is 0.639. The van der Waals surface area contributed by atoms with Gasteiger partial charge >= 0.3 is 0 Å². The molecule has 1 aliphatic rings. The Kier molecular flexibility index (Phi) is 4.69. The molecule has 0 unspecified atom stereocenters. The number of carbonyl (C=O) groups excluding carboxylic acids is 1. The molecule has 6 heteroatoms. The first-order valence-corrected chi connectivity index (χ1v) is 6.33. The summed E-state index contributed by atoms with van der Waals surface area (Å²) in [7, 11) is 0. The van der Waals surface area contributed by atoms with Crippen molar-refractivity contribution in [3.63, 3.8) is 0 Å². The van der Waals surface area contributed by atoms with Crippen LogP contribution in [-0.4, -0.2) is 37.0 Å². The van der Waals surface area contributed by atoms with E-state index in [1.807, 2.05) is 6.07 Å². The van der Waals surface area contributed by atoms with Crippen LogP contribution in [0.1, 0.15) is 0 Å². The lowest BCUT2D eigenvalue weighted by atomic mass is 10.2. The number of nitrogens with one attached hydrogen (secondary N) is 2. The normalized spacial score (nSPS) is 15.6. The van der Waals surface area contributed by atoms with Gasteiger partial charge in [-0.05, 0) is 24.3 Å². The Hall–Kier alpha value is -2.39. The van der Waals surface area contributed by atoms with Crippen molar-refractivity contribution in [3.8, 4) is 6.07 Å². The molecular weight excluding hydrogens is 259 g/mol. The van der Waals surface area contributed by atoms with E-state index in [0.717, 1.165) is 13.1 Å². The largest absolute Gasteiger partial charge is 0.360 e. The molecule has 0 saturated carbocycles. The minimum Gasteiger partial charge on any atom is -0.360 e. The average Bonchev–Trinajstić information content (AvgIpc) is 2.50. The summed E-state index contributed by atoms with van der Waals surface area (Å²) >= 11 is 0. The summed E-state index contributed by atoms with van der Waals surface area (Å²) in [5, 5.41) is 15.0. The van der Waals surface area contributed by atoms with Crippen LogP contribution >= 0.6 is 0 Å². The molecule has 1 aromatic rings. The highest BCUT2D eigenvalue weighted by molar-refractivity contribution is 5.97. The lowest BCUT2D eigenvalue weighted by Gasteiger charge is -2.27. The summed E-state index contributed by atoms with van der Waals surface area (Å²) in [6.07, 6.45) is 1.36. The van der Waals surface area contributed by atoms with Crippen molar-refractivity contribution < 1.29 is 9.18 Å². The molecule has 0 aliphatic carbocycles. The van der Waals surface area contributed by atoms with E-state index in [2.05, 4.69) is 10.6 Å². The molecule has 1 aromatic carbocycles. The van der Waals surface area contributed by atoms with Gasteiger partial charge in [0.15, 0.2) is 0 Å². The fraction of sp³-hybridized carbons (Fsp3) is 0.286. The summed E-state index contributed by atoms with van der Waals surface area (Å²) in [5.74, 6) is -0.624. The van der Waals surface area contributed by atoms with Crippen LogP contribution in [0.5, 0.6) is 0 Å². The van der Waals surface area contributed by atoms with Gasteiger partial charge in [0.1, 0.15) is 17.5 Å². The number of hydrogen-bond acceptors (Lipinski definition) is 4. The number of carbonyl (C=O) groups is 1. The number of nitriles is 1. The molecule has 0 radical (unpaired) electrons. The van der Waals surface area contributed by atoms with Crippen LogP contribution in [0.25, 0.3) is 0 Å². The van der Waals surface area contributed by atoms with Gasteiger partial charge in [0.05, 0.1) is 0 Å². The first kappa shape index (κ1) is 14.0. The van der Waals surface area contributed by atoms with Crippen LogP contribution in [0.4, 0.5) is 10.1 Å². The smallest absolute Gasteiger partial charge is 0.266 e. The number of anilines is 1. The Balaban J connectivity index is 2.03. The van der Waals surface area contributed by atoms with E-state index in [0.29, 0.717) is 18.8 Å². The van der Waals surface area contributed by atoms with Crippen LogP contribution in [-0.2, 0) is 4.79 Å². The van der Waals surface area contributed by atoms with E-state index in [1.54, 1.807) is 4.90 Å². The van der Waals surface area contributed by atoms with Crippen molar-refractivity contribution in [1.82, 2.24) is 10.2 Å². The van der Waals surface area contributed by atoms with Gasteiger partial charge in [-0.3, -0.25) is 4.79 Å². The van der Waals surface area contributed by atoms with Gasteiger partial charge in [-0.15, -0.1) is 0 Å². The molecule has 2 rings (SSSR count). The topological polar surface area (TPSA) is 68.2 Å². The summed E-state index contributed by atoms with van der Waals surface area (Å²) in [6, 6.07) is 7.58. The molecule has 0 spiro atoms. The van der Waals surface area contributed by atoms with E-state index in [-0.39, 0.29) is 17.3 Å². The second-order valence-electron chi connectivity index (χ2n) is 4.36. The van der Waals surface area contributed by atoms with Crippen molar-refractivity contribution >= 4 is 11.6 Å². The van der Waals surface area contributed by atoms with E-state index in [1.165, 1.54) is 30.5 Å². The molecule has 1 fully saturated rings. The SMILES string of the molecule is N#C/C(=C/Nc1ccc(F)cc1)C(=O)N1CCNCC1. The molecule has 104 valence electrons.